The Labute approximate surface area is 169 Å². The number of benzene rings is 2. The van der Waals surface area contributed by atoms with Crippen LogP contribution in [0.25, 0.3) is 16.6 Å². The second-order valence-electron chi connectivity index (χ2n) is 8.85. The van der Waals surface area contributed by atoms with Gasteiger partial charge in [-0.25, -0.2) is 8.78 Å². The van der Waals surface area contributed by atoms with Gasteiger partial charge in [0.15, 0.2) is 0 Å². The lowest BCUT2D eigenvalue weighted by Gasteiger charge is -2.42. The van der Waals surface area contributed by atoms with Crippen LogP contribution in [-0.2, 0) is 4.79 Å². The number of fused-ring (bicyclic) bond motifs is 1. The Morgan fingerprint density at radius 3 is 2.45 bits per heavy atom. The number of hydrogen-bond donors (Lipinski definition) is 1. The molecule has 2 aromatic carbocycles. The summed E-state index contributed by atoms with van der Waals surface area (Å²) >= 11 is 0. The maximum Gasteiger partial charge on any atom is 0.309 e. The van der Waals surface area contributed by atoms with Gasteiger partial charge in [0, 0.05) is 16.8 Å². The molecule has 1 N–H and O–H groups in total. The second kappa shape index (κ2) is 6.68. The predicted molar refractivity (Wildman–Crippen MR) is 110 cm³/mol. The second-order valence-corrected chi connectivity index (χ2v) is 8.85. The Morgan fingerprint density at radius 2 is 1.86 bits per heavy atom. The van der Waals surface area contributed by atoms with Crippen molar-refractivity contribution >= 4 is 16.9 Å². The molecule has 1 heterocycles. The van der Waals surface area contributed by atoms with Gasteiger partial charge >= 0.3 is 5.97 Å². The molecule has 5 heteroatoms. The lowest BCUT2D eigenvalue weighted by molar-refractivity contribution is -0.154. The zero-order valence-electron chi connectivity index (χ0n) is 17.1. The molecule has 1 fully saturated rings. The number of aliphatic carboxylic acids is 1. The van der Waals surface area contributed by atoms with Crippen molar-refractivity contribution in [2.75, 3.05) is 0 Å². The van der Waals surface area contributed by atoms with Gasteiger partial charge in [-0.15, -0.1) is 0 Å². The molecule has 3 nitrogen and oxygen atoms in total. The van der Waals surface area contributed by atoms with Crippen LogP contribution in [0.2, 0.25) is 0 Å². The molecule has 0 unspecified atom stereocenters. The molecule has 1 aliphatic carbocycles. The molecule has 0 bridgehead atoms. The van der Waals surface area contributed by atoms with E-state index in [2.05, 4.69) is 18.4 Å². The van der Waals surface area contributed by atoms with Crippen molar-refractivity contribution in [2.45, 2.75) is 52.4 Å². The van der Waals surface area contributed by atoms with Gasteiger partial charge in [-0.1, -0.05) is 13.8 Å². The Bertz CT molecular complexity index is 1120. The number of aryl methyl sites for hydroxylation is 1. The van der Waals surface area contributed by atoms with Gasteiger partial charge in [-0.05, 0) is 86.1 Å². The number of hydrogen-bond acceptors (Lipinski definition) is 1. The summed E-state index contributed by atoms with van der Waals surface area (Å²) in [5.74, 6) is -1.19. The molecule has 0 atom stereocenters. The summed E-state index contributed by atoms with van der Waals surface area (Å²) in [6.07, 6.45) is 1.06. The average Bonchev–Trinajstić information content (AvgIpc) is 2.95. The summed E-state index contributed by atoms with van der Waals surface area (Å²) in [7, 11) is 0. The predicted octanol–water partition coefficient (Wildman–Crippen LogP) is 6.31. The van der Waals surface area contributed by atoms with Crippen LogP contribution in [0, 0.1) is 24.0 Å². The van der Waals surface area contributed by atoms with Crippen LogP contribution >= 0.6 is 0 Å². The largest absolute Gasteiger partial charge is 0.481 e. The van der Waals surface area contributed by atoms with Gasteiger partial charge in [0.05, 0.1) is 10.9 Å². The smallest absolute Gasteiger partial charge is 0.309 e. The summed E-state index contributed by atoms with van der Waals surface area (Å²) in [6.45, 7) is 7.65. The van der Waals surface area contributed by atoms with Gasteiger partial charge in [0.1, 0.15) is 11.6 Å². The van der Waals surface area contributed by atoms with Crippen molar-refractivity contribution in [3.63, 3.8) is 0 Å². The van der Waals surface area contributed by atoms with Crippen LogP contribution in [0.1, 0.15) is 62.3 Å². The van der Waals surface area contributed by atoms with Crippen LogP contribution in [-0.4, -0.2) is 15.6 Å². The number of carbonyl (C=O) groups is 1. The average molecular weight is 397 g/mol. The molecule has 1 aromatic heterocycles. The van der Waals surface area contributed by atoms with Gasteiger partial charge in [0.25, 0.3) is 0 Å². The van der Waals surface area contributed by atoms with Crippen molar-refractivity contribution in [3.05, 3.63) is 64.9 Å². The van der Waals surface area contributed by atoms with E-state index in [0.29, 0.717) is 18.4 Å². The molecular formula is C24H25F2NO2. The van der Waals surface area contributed by atoms with Crippen LogP contribution in [0.5, 0.6) is 0 Å². The third-order valence-corrected chi connectivity index (χ3v) is 6.27. The summed E-state index contributed by atoms with van der Waals surface area (Å²) in [5.41, 5.74) is 3.55. The molecule has 0 amide bonds. The quantitative estimate of drug-likeness (QED) is 0.561. The highest BCUT2D eigenvalue weighted by Crippen LogP contribution is 2.54. The SMILES string of the molecule is Cc1cc(-n2c(C(C)C)c(C3CC(C)(C(=O)O)C3)c3cc(F)ccc32)ccc1F. The lowest BCUT2D eigenvalue weighted by Crippen LogP contribution is -2.40. The monoisotopic (exact) mass is 397 g/mol. The molecule has 0 radical (unpaired) electrons. The van der Waals surface area contributed by atoms with E-state index in [1.165, 1.54) is 12.1 Å². The Kier molecular flexibility index (Phi) is 4.52. The number of halogens is 2. The molecule has 1 saturated carbocycles. The van der Waals surface area contributed by atoms with E-state index in [1.54, 1.807) is 38.1 Å². The fourth-order valence-electron chi connectivity index (χ4n) is 4.76. The van der Waals surface area contributed by atoms with E-state index in [-0.39, 0.29) is 23.5 Å². The van der Waals surface area contributed by atoms with Crippen LogP contribution in [0.15, 0.2) is 36.4 Å². The third kappa shape index (κ3) is 3.04. The standard InChI is InChI=1S/C24H25F2NO2/c1-13(2)22-21(15-11-24(4,12-15)23(28)29)18-10-16(25)5-8-20(18)27(22)17-6-7-19(26)14(3)9-17/h5-10,13,15H,11-12H2,1-4H3,(H,28,29). The summed E-state index contributed by atoms with van der Waals surface area (Å²) < 4.78 is 30.2. The molecular weight excluding hydrogens is 372 g/mol. The molecule has 4 rings (SSSR count). The van der Waals surface area contributed by atoms with E-state index in [1.807, 2.05) is 0 Å². The van der Waals surface area contributed by atoms with Crippen molar-refractivity contribution < 1.29 is 18.7 Å². The molecule has 0 saturated heterocycles. The normalized spacial score (nSPS) is 21.6. The summed E-state index contributed by atoms with van der Waals surface area (Å²) in [5, 5.41) is 10.3. The topological polar surface area (TPSA) is 42.2 Å². The van der Waals surface area contributed by atoms with E-state index >= 15 is 0 Å². The zero-order valence-corrected chi connectivity index (χ0v) is 17.1. The maximum atomic E-state index is 14.2. The zero-order chi connectivity index (χ0) is 21.1. The van der Waals surface area contributed by atoms with Crippen LogP contribution < -0.4 is 0 Å². The van der Waals surface area contributed by atoms with E-state index in [0.717, 1.165) is 27.8 Å². The number of carboxylic acids is 1. The number of nitrogens with zero attached hydrogens (tertiary/aromatic N) is 1. The van der Waals surface area contributed by atoms with Crippen LogP contribution in [0.4, 0.5) is 8.78 Å². The lowest BCUT2D eigenvalue weighted by atomic mass is 9.60. The van der Waals surface area contributed by atoms with E-state index in [9.17, 15) is 18.7 Å². The molecule has 29 heavy (non-hydrogen) atoms. The first-order valence-corrected chi connectivity index (χ1v) is 9.96. The first-order chi connectivity index (χ1) is 13.6. The van der Waals surface area contributed by atoms with Crippen molar-refractivity contribution in [1.29, 1.82) is 0 Å². The fourth-order valence-corrected chi connectivity index (χ4v) is 4.76. The fraction of sp³-hybridized carbons (Fsp3) is 0.375. The first-order valence-electron chi connectivity index (χ1n) is 9.96. The molecule has 0 spiro atoms. The van der Waals surface area contributed by atoms with Gasteiger partial charge < -0.3 is 9.67 Å². The summed E-state index contributed by atoms with van der Waals surface area (Å²) in [4.78, 5) is 11.6. The van der Waals surface area contributed by atoms with Crippen molar-refractivity contribution in [1.82, 2.24) is 4.57 Å². The number of carboxylic acid groups (broad SMARTS) is 1. The van der Waals surface area contributed by atoms with Gasteiger partial charge in [-0.3, -0.25) is 4.79 Å². The highest BCUT2D eigenvalue weighted by atomic mass is 19.1. The van der Waals surface area contributed by atoms with Crippen molar-refractivity contribution in [2.24, 2.45) is 5.41 Å². The molecule has 1 aliphatic rings. The van der Waals surface area contributed by atoms with E-state index in [4.69, 9.17) is 0 Å². The molecule has 152 valence electrons. The Hall–Kier alpha value is -2.69. The molecule has 3 aromatic rings. The summed E-state index contributed by atoms with van der Waals surface area (Å²) in [6, 6.07) is 9.73. The Balaban J connectivity index is 1.98. The van der Waals surface area contributed by atoms with Gasteiger partial charge in [-0.2, -0.15) is 0 Å². The van der Waals surface area contributed by atoms with Gasteiger partial charge in [0.2, 0.25) is 0 Å². The highest BCUT2D eigenvalue weighted by molar-refractivity contribution is 5.89. The minimum absolute atomic E-state index is 0.0561. The first kappa shape index (κ1) is 19.6. The maximum absolute atomic E-state index is 14.2. The van der Waals surface area contributed by atoms with Crippen molar-refractivity contribution in [3.8, 4) is 5.69 Å². The third-order valence-electron chi connectivity index (χ3n) is 6.27. The minimum atomic E-state index is -0.788. The number of rotatable bonds is 4. The highest BCUT2D eigenvalue weighted by Gasteiger charge is 2.48. The molecule has 0 aliphatic heterocycles. The number of aromatic nitrogens is 1. The van der Waals surface area contributed by atoms with Crippen LogP contribution in [0.3, 0.4) is 0 Å². The minimum Gasteiger partial charge on any atom is -0.481 e. The van der Waals surface area contributed by atoms with E-state index < -0.39 is 11.4 Å². The Morgan fingerprint density at radius 1 is 1.17 bits per heavy atom.